The van der Waals surface area contributed by atoms with Crippen LogP contribution >= 0.6 is 50.1 Å². The standard InChI is InChI=1S/C10H10BrClINO/c1-14(5-4-11)10(15)7-2-3-9(13)8(12)6-7/h2-3,6H,4-5H2,1H3. The van der Waals surface area contributed by atoms with E-state index >= 15 is 0 Å². The lowest BCUT2D eigenvalue weighted by atomic mass is 10.2. The van der Waals surface area contributed by atoms with Crippen molar-refractivity contribution in [1.29, 1.82) is 0 Å². The minimum Gasteiger partial charge on any atom is -0.341 e. The maximum absolute atomic E-state index is 11.8. The summed E-state index contributed by atoms with van der Waals surface area (Å²) in [5, 5.41) is 1.39. The lowest BCUT2D eigenvalue weighted by Crippen LogP contribution is -2.28. The molecule has 0 fully saturated rings. The predicted octanol–water partition coefficient (Wildman–Crippen LogP) is 3.41. The van der Waals surface area contributed by atoms with Crippen LogP contribution in [0.2, 0.25) is 5.02 Å². The van der Waals surface area contributed by atoms with Gasteiger partial charge in [0.1, 0.15) is 0 Å². The van der Waals surface area contributed by atoms with Crippen LogP contribution in [-0.2, 0) is 0 Å². The Morgan fingerprint density at radius 3 is 2.80 bits per heavy atom. The quantitative estimate of drug-likeness (QED) is 0.561. The van der Waals surface area contributed by atoms with Crippen LogP contribution in [0, 0.1) is 3.57 Å². The zero-order valence-corrected chi connectivity index (χ0v) is 12.6. The van der Waals surface area contributed by atoms with Crippen LogP contribution in [0.1, 0.15) is 10.4 Å². The number of carbonyl (C=O) groups excluding carboxylic acids is 1. The van der Waals surface area contributed by atoms with E-state index in [4.69, 9.17) is 11.6 Å². The molecule has 0 aromatic heterocycles. The van der Waals surface area contributed by atoms with Gasteiger partial charge in [-0.25, -0.2) is 0 Å². The minimum atomic E-state index is -0.00671. The van der Waals surface area contributed by atoms with Gasteiger partial charge < -0.3 is 4.90 Å². The number of rotatable bonds is 3. The van der Waals surface area contributed by atoms with Crippen LogP contribution in [-0.4, -0.2) is 29.7 Å². The molecule has 82 valence electrons. The van der Waals surface area contributed by atoms with Gasteiger partial charge in [-0.1, -0.05) is 27.5 Å². The van der Waals surface area contributed by atoms with E-state index in [2.05, 4.69) is 38.5 Å². The maximum atomic E-state index is 11.8. The maximum Gasteiger partial charge on any atom is 0.253 e. The van der Waals surface area contributed by atoms with Crippen LogP contribution in [0.5, 0.6) is 0 Å². The molecule has 0 aliphatic heterocycles. The molecular formula is C10H10BrClINO. The number of carbonyl (C=O) groups is 1. The normalized spacial score (nSPS) is 10.1. The lowest BCUT2D eigenvalue weighted by molar-refractivity contribution is 0.0804. The molecule has 0 radical (unpaired) electrons. The Kier molecular flexibility index (Phi) is 5.35. The molecule has 1 rings (SSSR count). The Hall–Kier alpha value is 0.190. The van der Waals surface area contributed by atoms with Crippen LogP contribution in [0.4, 0.5) is 0 Å². The second-order valence-corrected chi connectivity index (χ2v) is 5.41. The van der Waals surface area contributed by atoms with E-state index in [1.807, 2.05) is 6.07 Å². The van der Waals surface area contributed by atoms with Gasteiger partial charge in [0, 0.05) is 28.1 Å². The molecule has 0 heterocycles. The Bertz CT molecular complexity index is 372. The van der Waals surface area contributed by atoms with Crippen LogP contribution in [0.25, 0.3) is 0 Å². The fraction of sp³-hybridized carbons (Fsp3) is 0.300. The first-order chi connectivity index (χ1) is 7.06. The van der Waals surface area contributed by atoms with E-state index in [9.17, 15) is 4.79 Å². The first-order valence-electron chi connectivity index (χ1n) is 4.32. The highest BCUT2D eigenvalue weighted by molar-refractivity contribution is 14.1. The monoisotopic (exact) mass is 401 g/mol. The molecular weight excluding hydrogens is 392 g/mol. The fourth-order valence-electron chi connectivity index (χ4n) is 1.08. The third-order valence-electron chi connectivity index (χ3n) is 1.93. The third-order valence-corrected chi connectivity index (χ3v) is 3.86. The molecule has 0 unspecified atom stereocenters. The van der Waals surface area contributed by atoms with Gasteiger partial charge in [-0.15, -0.1) is 0 Å². The second-order valence-electron chi connectivity index (χ2n) is 3.04. The summed E-state index contributed by atoms with van der Waals surface area (Å²) in [6.07, 6.45) is 0. The summed E-state index contributed by atoms with van der Waals surface area (Å²) in [6, 6.07) is 5.34. The average Bonchev–Trinajstić information content (AvgIpc) is 2.21. The van der Waals surface area contributed by atoms with Crippen molar-refractivity contribution in [3.05, 3.63) is 32.4 Å². The zero-order chi connectivity index (χ0) is 11.4. The van der Waals surface area contributed by atoms with E-state index < -0.39 is 0 Å². The fourth-order valence-corrected chi connectivity index (χ4v) is 2.13. The van der Waals surface area contributed by atoms with Crippen molar-refractivity contribution >= 4 is 56.0 Å². The van der Waals surface area contributed by atoms with Gasteiger partial charge in [0.2, 0.25) is 0 Å². The molecule has 1 aromatic rings. The van der Waals surface area contributed by atoms with Gasteiger partial charge in [0.15, 0.2) is 0 Å². The lowest BCUT2D eigenvalue weighted by Gasteiger charge is -2.15. The molecule has 0 saturated carbocycles. The van der Waals surface area contributed by atoms with Crippen molar-refractivity contribution in [2.45, 2.75) is 0 Å². The Labute approximate surface area is 116 Å². The number of benzene rings is 1. The third kappa shape index (κ3) is 3.60. The van der Waals surface area contributed by atoms with Crippen molar-refractivity contribution in [2.75, 3.05) is 18.9 Å². The highest BCUT2D eigenvalue weighted by Crippen LogP contribution is 2.20. The second kappa shape index (κ2) is 6.06. The highest BCUT2D eigenvalue weighted by atomic mass is 127. The number of alkyl halides is 1. The number of nitrogens with zero attached hydrogens (tertiary/aromatic N) is 1. The molecule has 0 bridgehead atoms. The first kappa shape index (κ1) is 13.3. The molecule has 0 aliphatic rings. The van der Waals surface area contributed by atoms with E-state index in [1.165, 1.54) is 0 Å². The van der Waals surface area contributed by atoms with Gasteiger partial charge >= 0.3 is 0 Å². The van der Waals surface area contributed by atoms with Gasteiger partial charge in [-0.3, -0.25) is 4.79 Å². The van der Waals surface area contributed by atoms with Gasteiger partial charge in [0.05, 0.1) is 5.02 Å². The molecule has 1 aromatic carbocycles. The van der Waals surface area contributed by atoms with E-state index in [0.29, 0.717) is 17.1 Å². The molecule has 5 heteroatoms. The summed E-state index contributed by atoms with van der Waals surface area (Å²) in [7, 11) is 1.77. The summed E-state index contributed by atoms with van der Waals surface area (Å²) in [5.41, 5.74) is 0.629. The van der Waals surface area contributed by atoms with Crippen LogP contribution in [0.3, 0.4) is 0 Å². The SMILES string of the molecule is CN(CCBr)C(=O)c1ccc(I)c(Cl)c1. The first-order valence-corrected chi connectivity index (χ1v) is 6.90. The van der Waals surface area contributed by atoms with Crippen molar-refractivity contribution in [2.24, 2.45) is 0 Å². The predicted molar refractivity (Wildman–Crippen MR) is 74.9 cm³/mol. The van der Waals surface area contributed by atoms with Gasteiger partial charge in [0.25, 0.3) is 5.91 Å². The molecule has 0 spiro atoms. The number of amides is 1. The minimum absolute atomic E-state index is 0.00671. The summed E-state index contributed by atoms with van der Waals surface area (Å²) in [5.74, 6) is -0.00671. The number of hydrogen-bond acceptors (Lipinski definition) is 1. The highest BCUT2D eigenvalue weighted by Gasteiger charge is 2.11. The molecule has 0 saturated heterocycles. The molecule has 2 nitrogen and oxygen atoms in total. The van der Waals surface area contributed by atoms with E-state index in [0.717, 1.165) is 8.90 Å². The van der Waals surface area contributed by atoms with Gasteiger partial charge in [-0.2, -0.15) is 0 Å². The molecule has 15 heavy (non-hydrogen) atoms. The molecule has 1 amide bonds. The van der Waals surface area contributed by atoms with Crippen molar-refractivity contribution in [3.8, 4) is 0 Å². The summed E-state index contributed by atoms with van der Waals surface area (Å²) in [4.78, 5) is 13.5. The Morgan fingerprint density at radius 1 is 1.60 bits per heavy atom. The zero-order valence-electron chi connectivity index (χ0n) is 8.14. The van der Waals surface area contributed by atoms with Crippen molar-refractivity contribution < 1.29 is 4.79 Å². The summed E-state index contributed by atoms with van der Waals surface area (Å²) < 4.78 is 0.953. The smallest absolute Gasteiger partial charge is 0.253 e. The topological polar surface area (TPSA) is 20.3 Å². The largest absolute Gasteiger partial charge is 0.341 e. The number of halogens is 3. The summed E-state index contributed by atoms with van der Waals surface area (Å²) >= 11 is 11.4. The number of hydrogen-bond donors (Lipinski definition) is 0. The van der Waals surface area contributed by atoms with Gasteiger partial charge in [-0.05, 0) is 40.8 Å². The Morgan fingerprint density at radius 2 is 2.27 bits per heavy atom. The summed E-state index contributed by atoms with van der Waals surface area (Å²) in [6.45, 7) is 0.683. The molecule has 0 atom stereocenters. The Balaban J connectivity index is 2.87. The molecule has 0 N–H and O–H groups in total. The van der Waals surface area contributed by atoms with Crippen molar-refractivity contribution in [3.63, 3.8) is 0 Å². The van der Waals surface area contributed by atoms with Crippen molar-refractivity contribution in [1.82, 2.24) is 4.90 Å². The van der Waals surface area contributed by atoms with Crippen LogP contribution < -0.4 is 0 Å². The average molecular weight is 402 g/mol. The molecule has 0 aliphatic carbocycles. The van der Waals surface area contributed by atoms with E-state index in [-0.39, 0.29) is 5.91 Å². The van der Waals surface area contributed by atoms with Crippen LogP contribution in [0.15, 0.2) is 18.2 Å². The van der Waals surface area contributed by atoms with E-state index in [1.54, 1.807) is 24.1 Å².